The van der Waals surface area contributed by atoms with E-state index in [1.165, 1.54) is 38.2 Å². The third kappa shape index (κ3) is 2.15. The van der Waals surface area contributed by atoms with E-state index in [4.69, 9.17) is 0 Å². The molecule has 0 N–H and O–H groups in total. The first-order valence-corrected chi connectivity index (χ1v) is 5.47. The Morgan fingerprint density at radius 3 is 2.57 bits per heavy atom. The number of likely N-dealkylation sites (tertiary alicyclic amines) is 1. The second kappa shape index (κ2) is 4.13. The molecule has 1 aliphatic heterocycles. The Morgan fingerprint density at radius 2 is 2.00 bits per heavy atom. The zero-order valence-corrected chi connectivity index (χ0v) is 9.16. The van der Waals surface area contributed by atoms with Crippen molar-refractivity contribution in [1.82, 2.24) is 14.5 Å². The molecule has 14 heavy (non-hydrogen) atoms. The first-order chi connectivity index (χ1) is 6.75. The van der Waals surface area contributed by atoms with Gasteiger partial charge in [-0.15, -0.1) is 0 Å². The summed E-state index contributed by atoms with van der Waals surface area (Å²) in [4.78, 5) is 7.03. The lowest BCUT2D eigenvalue weighted by atomic mass is 10.1. The largest absolute Gasteiger partial charge is 0.337 e. The number of rotatable bonds is 2. The molecule has 1 aliphatic rings. The molecule has 0 bridgehead atoms. The van der Waals surface area contributed by atoms with Crippen molar-refractivity contribution in [1.29, 1.82) is 0 Å². The maximum absolute atomic E-state index is 4.53. The summed E-state index contributed by atoms with van der Waals surface area (Å²) in [7, 11) is 2.08. The minimum atomic E-state index is 1.02. The number of aryl methyl sites for hydroxylation is 2. The van der Waals surface area contributed by atoms with Gasteiger partial charge in [0.1, 0.15) is 5.82 Å². The van der Waals surface area contributed by atoms with Gasteiger partial charge in [-0.3, -0.25) is 4.90 Å². The fourth-order valence-electron chi connectivity index (χ4n) is 2.13. The quantitative estimate of drug-likeness (QED) is 0.713. The molecule has 3 heteroatoms. The molecule has 0 aromatic carbocycles. The van der Waals surface area contributed by atoms with Crippen LogP contribution < -0.4 is 0 Å². The summed E-state index contributed by atoms with van der Waals surface area (Å²) in [6.45, 7) is 5.56. The fraction of sp³-hybridized carbons (Fsp3) is 0.727. The molecule has 3 nitrogen and oxygen atoms in total. The number of nitrogens with zero attached hydrogens (tertiary/aromatic N) is 3. The standard InChI is InChI=1S/C11H19N3/c1-10-8-13(2)11(12-10)9-14-6-4-3-5-7-14/h8H,3-7,9H2,1-2H3. The first kappa shape index (κ1) is 9.71. The van der Waals surface area contributed by atoms with Gasteiger partial charge in [0.25, 0.3) is 0 Å². The van der Waals surface area contributed by atoms with E-state index in [2.05, 4.69) is 34.6 Å². The lowest BCUT2D eigenvalue weighted by Crippen LogP contribution is -2.30. The predicted octanol–water partition coefficient (Wildman–Crippen LogP) is 1.71. The molecule has 2 heterocycles. The summed E-state index contributed by atoms with van der Waals surface area (Å²) >= 11 is 0. The zero-order valence-electron chi connectivity index (χ0n) is 9.16. The van der Waals surface area contributed by atoms with E-state index in [0.29, 0.717) is 0 Å². The molecule has 1 aromatic rings. The molecule has 0 atom stereocenters. The van der Waals surface area contributed by atoms with E-state index in [1.807, 2.05) is 0 Å². The van der Waals surface area contributed by atoms with E-state index < -0.39 is 0 Å². The average molecular weight is 193 g/mol. The monoisotopic (exact) mass is 193 g/mol. The lowest BCUT2D eigenvalue weighted by Gasteiger charge is -2.25. The van der Waals surface area contributed by atoms with Crippen LogP contribution in [0.1, 0.15) is 30.8 Å². The van der Waals surface area contributed by atoms with Gasteiger partial charge in [0.15, 0.2) is 0 Å². The summed E-state index contributed by atoms with van der Waals surface area (Å²) in [5.74, 6) is 1.20. The van der Waals surface area contributed by atoms with Crippen molar-refractivity contribution < 1.29 is 0 Å². The Labute approximate surface area is 85.7 Å². The van der Waals surface area contributed by atoms with Crippen LogP contribution in [0.3, 0.4) is 0 Å². The normalized spacial score (nSPS) is 18.7. The molecule has 0 unspecified atom stereocenters. The van der Waals surface area contributed by atoms with E-state index >= 15 is 0 Å². The van der Waals surface area contributed by atoms with Gasteiger partial charge in [-0.05, 0) is 32.9 Å². The third-order valence-electron chi connectivity index (χ3n) is 2.91. The highest BCUT2D eigenvalue weighted by Crippen LogP contribution is 2.12. The van der Waals surface area contributed by atoms with Crippen LogP contribution in [-0.2, 0) is 13.6 Å². The van der Waals surface area contributed by atoms with Crippen LogP contribution in [0.2, 0.25) is 0 Å². The van der Waals surface area contributed by atoms with E-state index in [9.17, 15) is 0 Å². The van der Waals surface area contributed by atoms with Crippen LogP contribution in [0.15, 0.2) is 6.20 Å². The van der Waals surface area contributed by atoms with E-state index in [-0.39, 0.29) is 0 Å². The summed E-state index contributed by atoms with van der Waals surface area (Å²) < 4.78 is 2.14. The van der Waals surface area contributed by atoms with Gasteiger partial charge in [-0.2, -0.15) is 0 Å². The van der Waals surface area contributed by atoms with Crippen LogP contribution in [0.25, 0.3) is 0 Å². The minimum Gasteiger partial charge on any atom is -0.337 e. The van der Waals surface area contributed by atoms with Gasteiger partial charge in [-0.1, -0.05) is 6.42 Å². The average Bonchev–Trinajstić information content (AvgIpc) is 2.47. The van der Waals surface area contributed by atoms with Gasteiger partial charge in [0, 0.05) is 13.2 Å². The summed E-state index contributed by atoms with van der Waals surface area (Å²) in [6, 6.07) is 0. The Kier molecular flexibility index (Phi) is 2.87. The highest BCUT2D eigenvalue weighted by Gasteiger charge is 2.12. The molecular weight excluding hydrogens is 174 g/mol. The van der Waals surface area contributed by atoms with Crippen LogP contribution in [0.4, 0.5) is 0 Å². The molecule has 0 spiro atoms. The molecule has 0 radical (unpaired) electrons. The zero-order chi connectivity index (χ0) is 9.97. The van der Waals surface area contributed by atoms with Crippen LogP contribution in [0.5, 0.6) is 0 Å². The van der Waals surface area contributed by atoms with E-state index in [0.717, 1.165) is 12.2 Å². The Bertz CT molecular complexity index is 297. The first-order valence-electron chi connectivity index (χ1n) is 5.47. The Morgan fingerprint density at radius 1 is 1.29 bits per heavy atom. The molecule has 0 amide bonds. The topological polar surface area (TPSA) is 21.1 Å². The molecule has 1 saturated heterocycles. The SMILES string of the molecule is Cc1cn(C)c(CN2CCCCC2)n1. The van der Waals surface area contributed by atoms with Crippen LogP contribution in [-0.4, -0.2) is 27.5 Å². The molecule has 2 rings (SSSR count). The van der Waals surface area contributed by atoms with Crippen molar-refractivity contribution in [2.45, 2.75) is 32.7 Å². The van der Waals surface area contributed by atoms with Gasteiger partial charge in [0.2, 0.25) is 0 Å². The van der Waals surface area contributed by atoms with Crippen molar-refractivity contribution in [3.05, 3.63) is 17.7 Å². The molecule has 78 valence electrons. The number of hydrogen-bond acceptors (Lipinski definition) is 2. The van der Waals surface area contributed by atoms with Gasteiger partial charge < -0.3 is 4.57 Å². The van der Waals surface area contributed by atoms with Crippen molar-refractivity contribution in [2.75, 3.05) is 13.1 Å². The Hall–Kier alpha value is -0.830. The summed E-state index contributed by atoms with van der Waals surface area (Å²) in [5.41, 5.74) is 1.12. The Balaban J connectivity index is 1.98. The number of hydrogen-bond donors (Lipinski definition) is 0. The summed E-state index contributed by atoms with van der Waals surface area (Å²) in [5, 5.41) is 0. The van der Waals surface area contributed by atoms with Crippen molar-refractivity contribution in [2.24, 2.45) is 7.05 Å². The van der Waals surface area contributed by atoms with Gasteiger partial charge in [-0.25, -0.2) is 4.98 Å². The molecule has 1 fully saturated rings. The number of aromatic nitrogens is 2. The second-order valence-electron chi connectivity index (χ2n) is 4.25. The molecule has 1 aromatic heterocycles. The van der Waals surface area contributed by atoms with Crippen molar-refractivity contribution >= 4 is 0 Å². The van der Waals surface area contributed by atoms with Crippen LogP contribution in [0, 0.1) is 6.92 Å². The number of imidazole rings is 1. The maximum atomic E-state index is 4.53. The minimum absolute atomic E-state index is 1.02. The lowest BCUT2D eigenvalue weighted by molar-refractivity contribution is 0.214. The fourth-order valence-corrected chi connectivity index (χ4v) is 2.13. The summed E-state index contributed by atoms with van der Waals surface area (Å²) in [6.07, 6.45) is 6.20. The predicted molar refractivity (Wildman–Crippen MR) is 57.1 cm³/mol. The number of piperidine rings is 1. The van der Waals surface area contributed by atoms with Crippen molar-refractivity contribution in [3.63, 3.8) is 0 Å². The van der Waals surface area contributed by atoms with E-state index in [1.54, 1.807) is 0 Å². The second-order valence-corrected chi connectivity index (χ2v) is 4.25. The smallest absolute Gasteiger partial charge is 0.122 e. The molecular formula is C11H19N3. The molecule has 0 aliphatic carbocycles. The highest BCUT2D eigenvalue weighted by molar-refractivity contribution is 5.01. The van der Waals surface area contributed by atoms with Crippen LogP contribution >= 0.6 is 0 Å². The van der Waals surface area contributed by atoms with Crippen molar-refractivity contribution in [3.8, 4) is 0 Å². The maximum Gasteiger partial charge on any atom is 0.122 e. The van der Waals surface area contributed by atoms with Gasteiger partial charge >= 0.3 is 0 Å². The van der Waals surface area contributed by atoms with Gasteiger partial charge in [0.05, 0.1) is 12.2 Å². The molecule has 0 saturated carbocycles. The third-order valence-corrected chi connectivity index (χ3v) is 2.91. The highest BCUT2D eigenvalue weighted by atomic mass is 15.2.